The standard InChI is InChI=1S/C21H26F3N5O2/c1-13-11-15(28-9-2-10-28)5-8-18(13)29-12-17(19(25)30)20(27-29)26-14-3-6-16(7-4-14)31-21(22,23)24/h3-4,6-7,12-13,15,18H,2,5,8-11H2,1H3,(H2,25,30)(H,26,27). The molecule has 4 rings (SSSR count). The Morgan fingerprint density at radius 3 is 2.48 bits per heavy atom. The molecule has 1 aromatic heterocycles. The molecule has 1 aromatic carbocycles. The third-order valence-corrected chi connectivity index (χ3v) is 6.19. The summed E-state index contributed by atoms with van der Waals surface area (Å²) >= 11 is 0. The molecule has 2 heterocycles. The van der Waals surface area contributed by atoms with Gasteiger partial charge in [-0.1, -0.05) is 6.92 Å². The van der Waals surface area contributed by atoms with Crippen LogP contribution in [0.15, 0.2) is 30.5 Å². The number of aromatic nitrogens is 2. The van der Waals surface area contributed by atoms with Crippen molar-refractivity contribution in [2.75, 3.05) is 18.4 Å². The van der Waals surface area contributed by atoms with Crippen molar-refractivity contribution >= 4 is 17.4 Å². The lowest BCUT2D eigenvalue weighted by atomic mass is 9.81. The van der Waals surface area contributed by atoms with Crippen LogP contribution in [0, 0.1) is 5.92 Å². The van der Waals surface area contributed by atoms with Gasteiger partial charge in [0.1, 0.15) is 11.3 Å². The molecule has 1 aliphatic heterocycles. The molecule has 1 aliphatic carbocycles. The van der Waals surface area contributed by atoms with Crippen LogP contribution in [0.5, 0.6) is 5.75 Å². The van der Waals surface area contributed by atoms with Crippen molar-refractivity contribution in [3.05, 3.63) is 36.0 Å². The summed E-state index contributed by atoms with van der Waals surface area (Å²) in [6.45, 7) is 4.56. The van der Waals surface area contributed by atoms with Crippen molar-refractivity contribution in [1.82, 2.24) is 14.7 Å². The van der Waals surface area contributed by atoms with Gasteiger partial charge in [0.2, 0.25) is 0 Å². The number of carbonyl (C=O) groups is 1. The highest BCUT2D eigenvalue weighted by molar-refractivity contribution is 5.98. The summed E-state index contributed by atoms with van der Waals surface area (Å²) in [6, 6.07) is 6.00. The van der Waals surface area contributed by atoms with E-state index in [1.54, 1.807) is 10.9 Å². The van der Waals surface area contributed by atoms with E-state index in [1.807, 2.05) is 0 Å². The minimum absolute atomic E-state index is 0.161. The number of amides is 1. The molecule has 3 N–H and O–H groups in total. The molecule has 2 aliphatic rings. The minimum Gasteiger partial charge on any atom is -0.406 e. The summed E-state index contributed by atoms with van der Waals surface area (Å²) in [5.74, 6) is -0.264. The number of nitrogens with zero attached hydrogens (tertiary/aromatic N) is 3. The number of carbonyl (C=O) groups excluding carboxylic acids is 1. The molecule has 0 radical (unpaired) electrons. The van der Waals surface area contributed by atoms with E-state index in [1.165, 1.54) is 43.8 Å². The van der Waals surface area contributed by atoms with Crippen LogP contribution in [0.3, 0.4) is 0 Å². The second-order valence-corrected chi connectivity index (χ2v) is 8.33. The maximum absolute atomic E-state index is 12.3. The first-order valence-corrected chi connectivity index (χ1v) is 10.5. The third-order valence-electron chi connectivity index (χ3n) is 6.19. The number of benzene rings is 1. The van der Waals surface area contributed by atoms with Crippen molar-refractivity contribution in [2.24, 2.45) is 11.7 Å². The Hall–Kier alpha value is -2.75. The van der Waals surface area contributed by atoms with Crippen molar-refractivity contribution in [2.45, 2.75) is 51.1 Å². The van der Waals surface area contributed by atoms with Gasteiger partial charge in [-0.2, -0.15) is 5.10 Å². The molecule has 0 bridgehead atoms. The maximum Gasteiger partial charge on any atom is 0.573 e. The van der Waals surface area contributed by atoms with Gasteiger partial charge in [-0.3, -0.25) is 9.48 Å². The van der Waals surface area contributed by atoms with Crippen LogP contribution in [-0.4, -0.2) is 46.1 Å². The Kier molecular flexibility index (Phi) is 5.83. The number of halogens is 3. The zero-order valence-electron chi connectivity index (χ0n) is 17.2. The van der Waals surface area contributed by atoms with Gasteiger partial charge in [-0.05, 0) is 69.0 Å². The van der Waals surface area contributed by atoms with E-state index >= 15 is 0 Å². The summed E-state index contributed by atoms with van der Waals surface area (Å²) in [4.78, 5) is 14.5. The Bertz CT molecular complexity index is 924. The number of hydrogen-bond acceptors (Lipinski definition) is 5. The number of primary amides is 1. The number of rotatable bonds is 6. The molecule has 1 amide bonds. The molecule has 7 nitrogen and oxygen atoms in total. The first-order valence-electron chi connectivity index (χ1n) is 10.5. The second-order valence-electron chi connectivity index (χ2n) is 8.33. The predicted octanol–water partition coefficient (Wildman–Crippen LogP) is 4.06. The number of nitrogens with two attached hydrogens (primary N) is 1. The number of nitrogens with one attached hydrogen (secondary N) is 1. The monoisotopic (exact) mass is 437 g/mol. The van der Waals surface area contributed by atoms with Crippen LogP contribution in [0.1, 0.15) is 49.0 Å². The van der Waals surface area contributed by atoms with Crippen LogP contribution in [-0.2, 0) is 0 Å². The predicted molar refractivity (Wildman–Crippen MR) is 109 cm³/mol. The topological polar surface area (TPSA) is 85.4 Å². The number of anilines is 2. The molecule has 31 heavy (non-hydrogen) atoms. The lowest BCUT2D eigenvalue weighted by molar-refractivity contribution is -0.274. The van der Waals surface area contributed by atoms with Crippen molar-refractivity contribution in [1.29, 1.82) is 0 Å². The fourth-order valence-electron chi connectivity index (χ4n) is 4.49. The van der Waals surface area contributed by atoms with E-state index in [4.69, 9.17) is 5.73 Å². The lowest BCUT2D eigenvalue weighted by Gasteiger charge is -2.44. The highest BCUT2D eigenvalue weighted by Crippen LogP contribution is 2.37. The van der Waals surface area contributed by atoms with Crippen molar-refractivity contribution in [3.63, 3.8) is 0 Å². The first-order chi connectivity index (χ1) is 14.7. The van der Waals surface area contributed by atoms with Gasteiger partial charge in [0.05, 0.1) is 6.04 Å². The average Bonchev–Trinajstić information content (AvgIpc) is 3.04. The van der Waals surface area contributed by atoms with E-state index in [2.05, 4.69) is 27.0 Å². The summed E-state index contributed by atoms with van der Waals surface area (Å²) in [5.41, 5.74) is 6.26. The van der Waals surface area contributed by atoms with Crippen LogP contribution < -0.4 is 15.8 Å². The minimum atomic E-state index is -4.75. The summed E-state index contributed by atoms with van der Waals surface area (Å²) in [7, 11) is 0. The molecule has 0 spiro atoms. The van der Waals surface area contributed by atoms with Gasteiger partial charge < -0.3 is 20.7 Å². The van der Waals surface area contributed by atoms with Crippen LogP contribution >= 0.6 is 0 Å². The molecule has 3 atom stereocenters. The largest absolute Gasteiger partial charge is 0.573 e. The van der Waals surface area contributed by atoms with Crippen LogP contribution in [0.25, 0.3) is 0 Å². The molecule has 2 fully saturated rings. The molecule has 1 saturated heterocycles. The molecule has 10 heteroatoms. The summed E-state index contributed by atoms with van der Waals surface area (Å²) < 4.78 is 42.7. The summed E-state index contributed by atoms with van der Waals surface area (Å²) in [5, 5.41) is 7.55. The van der Waals surface area contributed by atoms with E-state index < -0.39 is 12.3 Å². The van der Waals surface area contributed by atoms with Crippen LogP contribution in [0.4, 0.5) is 24.7 Å². The van der Waals surface area contributed by atoms with E-state index in [-0.39, 0.29) is 23.2 Å². The number of likely N-dealkylation sites (tertiary alicyclic amines) is 1. The zero-order chi connectivity index (χ0) is 22.2. The molecule has 3 unspecified atom stereocenters. The number of ether oxygens (including phenoxy) is 1. The smallest absolute Gasteiger partial charge is 0.406 e. The van der Waals surface area contributed by atoms with Gasteiger partial charge in [-0.25, -0.2) is 0 Å². The highest BCUT2D eigenvalue weighted by atomic mass is 19.4. The van der Waals surface area contributed by atoms with Crippen molar-refractivity contribution in [3.8, 4) is 5.75 Å². The molecule has 168 valence electrons. The summed E-state index contributed by atoms with van der Waals surface area (Å²) in [6.07, 6.45) is 1.32. The Morgan fingerprint density at radius 1 is 1.23 bits per heavy atom. The third kappa shape index (κ3) is 4.95. The molecular weight excluding hydrogens is 411 g/mol. The fraction of sp³-hybridized carbons (Fsp3) is 0.524. The fourth-order valence-corrected chi connectivity index (χ4v) is 4.49. The maximum atomic E-state index is 12.3. The second kappa shape index (κ2) is 8.41. The number of alkyl halides is 3. The SMILES string of the molecule is CC1CC(N2CCC2)CCC1n1cc(C(N)=O)c(Nc2ccc(OC(F)(F)F)cc2)n1. The first kappa shape index (κ1) is 21.5. The average molecular weight is 437 g/mol. The van der Waals surface area contributed by atoms with Gasteiger partial charge >= 0.3 is 6.36 Å². The van der Waals surface area contributed by atoms with Crippen LogP contribution in [0.2, 0.25) is 0 Å². The van der Waals surface area contributed by atoms with E-state index in [0.717, 1.165) is 19.3 Å². The Balaban J connectivity index is 1.48. The van der Waals surface area contributed by atoms with Gasteiger partial charge in [0.15, 0.2) is 5.82 Å². The van der Waals surface area contributed by atoms with Crippen molar-refractivity contribution < 1.29 is 22.7 Å². The lowest BCUT2D eigenvalue weighted by Crippen LogP contribution is -2.48. The Labute approximate surface area is 178 Å². The quantitative estimate of drug-likeness (QED) is 0.712. The molecular formula is C21H26F3N5O2. The van der Waals surface area contributed by atoms with Gasteiger partial charge in [0, 0.05) is 17.9 Å². The number of hydrogen-bond donors (Lipinski definition) is 2. The highest BCUT2D eigenvalue weighted by Gasteiger charge is 2.35. The molecule has 2 aromatic rings. The normalized spacial score (nSPS) is 24.5. The van der Waals surface area contributed by atoms with E-state index in [9.17, 15) is 18.0 Å². The van der Waals surface area contributed by atoms with Gasteiger partial charge in [0.25, 0.3) is 5.91 Å². The Morgan fingerprint density at radius 2 is 1.94 bits per heavy atom. The zero-order valence-corrected chi connectivity index (χ0v) is 17.2. The molecule has 1 saturated carbocycles. The van der Waals surface area contributed by atoms with E-state index in [0.29, 0.717) is 17.6 Å². The van der Waals surface area contributed by atoms with Gasteiger partial charge in [-0.15, -0.1) is 13.2 Å².